The van der Waals surface area contributed by atoms with Gasteiger partial charge in [-0.2, -0.15) is 10.1 Å². The maximum absolute atomic E-state index is 4.49. The lowest BCUT2D eigenvalue weighted by Crippen LogP contribution is -2.24. The van der Waals surface area contributed by atoms with Gasteiger partial charge in [0.05, 0.1) is 6.21 Å². The summed E-state index contributed by atoms with van der Waals surface area (Å²) >= 11 is 0. The zero-order valence-electron chi connectivity index (χ0n) is 17.7. The number of aromatic amines is 1. The van der Waals surface area contributed by atoms with E-state index in [9.17, 15) is 0 Å². The summed E-state index contributed by atoms with van der Waals surface area (Å²) in [7, 11) is 0. The van der Waals surface area contributed by atoms with Crippen LogP contribution in [-0.2, 0) is 0 Å². The molecule has 0 saturated heterocycles. The minimum Gasteiger partial charge on any atom is -0.372 e. The number of hydrogen-bond donors (Lipinski definition) is 2. The van der Waals surface area contributed by atoms with Crippen molar-refractivity contribution in [2.24, 2.45) is 5.10 Å². The van der Waals surface area contributed by atoms with E-state index < -0.39 is 0 Å². The van der Waals surface area contributed by atoms with Crippen LogP contribution < -0.4 is 10.3 Å². The van der Waals surface area contributed by atoms with Crippen molar-refractivity contribution in [3.63, 3.8) is 0 Å². The van der Waals surface area contributed by atoms with E-state index in [1.54, 1.807) is 6.21 Å². The summed E-state index contributed by atoms with van der Waals surface area (Å²) in [5, 5.41) is 13.8. The molecule has 7 heteroatoms. The van der Waals surface area contributed by atoms with Crippen molar-refractivity contribution >= 4 is 39.9 Å². The second-order valence-corrected chi connectivity index (χ2v) is 7.46. The Bertz CT molecular complexity index is 1160. The third-order valence-corrected chi connectivity index (χ3v) is 4.99. The van der Waals surface area contributed by atoms with E-state index in [4.69, 9.17) is 0 Å². The summed E-state index contributed by atoms with van der Waals surface area (Å²) < 4.78 is 0. The van der Waals surface area contributed by atoms with Crippen molar-refractivity contribution < 1.29 is 0 Å². The van der Waals surface area contributed by atoms with Crippen LogP contribution in [0.2, 0.25) is 0 Å². The Morgan fingerprint density at radius 3 is 2.53 bits per heavy atom. The van der Waals surface area contributed by atoms with Gasteiger partial charge in [0.1, 0.15) is 5.52 Å². The second kappa shape index (κ2) is 8.90. The molecule has 0 atom stereocenters. The van der Waals surface area contributed by atoms with Crippen LogP contribution in [0.3, 0.4) is 0 Å². The molecule has 0 aliphatic rings. The Morgan fingerprint density at radius 1 is 1.03 bits per heavy atom. The molecule has 2 N–H and O–H groups in total. The zero-order chi connectivity index (χ0) is 20.9. The number of nitrogens with zero attached hydrogens (tertiary/aromatic N) is 5. The quantitative estimate of drug-likeness (QED) is 0.325. The fraction of sp³-hybridized carbons (Fsp3) is 0.304. The minimum absolute atomic E-state index is 0.357. The van der Waals surface area contributed by atoms with E-state index >= 15 is 0 Å². The third kappa shape index (κ3) is 4.25. The van der Waals surface area contributed by atoms with Gasteiger partial charge in [0.2, 0.25) is 0 Å². The highest BCUT2D eigenvalue weighted by Gasteiger charge is 2.09. The van der Waals surface area contributed by atoms with Crippen LogP contribution in [0.25, 0.3) is 22.1 Å². The fourth-order valence-electron chi connectivity index (χ4n) is 3.58. The lowest BCUT2D eigenvalue weighted by atomic mass is 10.2. The molecule has 154 valence electrons. The topological polar surface area (TPSA) is 82.1 Å². The van der Waals surface area contributed by atoms with Gasteiger partial charge in [-0.25, -0.2) is 5.43 Å². The van der Waals surface area contributed by atoms with E-state index in [1.165, 1.54) is 11.3 Å². The average molecular weight is 402 g/mol. The van der Waals surface area contributed by atoms with Crippen LogP contribution >= 0.6 is 0 Å². The van der Waals surface area contributed by atoms with E-state index in [1.807, 2.05) is 6.07 Å². The van der Waals surface area contributed by atoms with Gasteiger partial charge >= 0.3 is 0 Å². The van der Waals surface area contributed by atoms with Crippen molar-refractivity contribution in [2.45, 2.75) is 33.6 Å². The smallest absolute Gasteiger partial charge is 0.265 e. The number of aryl methyl sites for hydroxylation is 1. The van der Waals surface area contributed by atoms with Crippen LogP contribution in [0.4, 0.5) is 11.6 Å². The first-order valence-corrected chi connectivity index (χ1v) is 10.4. The molecule has 2 heterocycles. The van der Waals surface area contributed by atoms with E-state index in [2.05, 4.69) is 92.8 Å². The number of hydrogen-bond acceptors (Lipinski definition) is 6. The number of rotatable bonds is 8. The summed E-state index contributed by atoms with van der Waals surface area (Å²) in [6.07, 6.45) is 4.04. The number of anilines is 2. The van der Waals surface area contributed by atoms with E-state index in [-0.39, 0.29) is 0 Å². The van der Waals surface area contributed by atoms with Gasteiger partial charge in [0.25, 0.3) is 5.95 Å². The average Bonchev–Trinajstić information content (AvgIpc) is 3.11. The zero-order valence-corrected chi connectivity index (χ0v) is 17.7. The van der Waals surface area contributed by atoms with Crippen LogP contribution in [0.15, 0.2) is 47.6 Å². The van der Waals surface area contributed by atoms with Crippen LogP contribution in [0.5, 0.6) is 0 Å². The monoisotopic (exact) mass is 401 g/mol. The molecule has 0 fully saturated rings. The lowest BCUT2D eigenvalue weighted by Gasteiger charge is -2.23. The molecule has 0 radical (unpaired) electrons. The third-order valence-electron chi connectivity index (χ3n) is 4.99. The van der Waals surface area contributed by atoms with E-state index in [0.29, 0.717) is 11.6 Å². The first kappa shape index (κ1) is 19.8. The first-order chi connectivity index (χ1) is 14.7. The highest BCUT2D eigenvalue weighted by atomic mass is 15.4. The number of nitrogens with one attached hydrogen (secondary N) is 2. The summed E-state index contributed by atoms with van der Waals surface area (Å²) in [5.74, 6) is 0.357. The molecule has 0 spiro atoms. The van der Waals surface area contributed by atoms with Crippen molar-refractivity contribution in [3.8, 4) is 0 Å². The predicted octanol–water partition coefficient (Wildman–Crippen LogP) is 4.89. The van der Waals surface area contributed by atoms with Gasteiger partial charge in [0, 0.05) is 29.7 Å². The molecule has 0 bridgehead atoms. The molecule has 30 heavy (non-hydrogen) atoms. The Balaban J connectivity index is 1.46. The molecule has 0 aliphatic heterocycles. The van der Waals surface area contributed by atoms with Crippen LogP contribution in [0, 0.1) is 6.92 Å². The standard InChI is InChI=1S/C23H27N7/c1-4-12-30(13-5-2)18-9-7-17(8-10-18)15-24-28-23-26-22-21(27-29-23)19-14-16(3)6-11-20(19)25-22/h6-11,14-15H,4-5,12-13H2,1-3H3,(H2,25,26,28,29)/b24-15-. The Kier molecular flexibility index (Phi) is 5.88. The van der Waals surface area contributed by atoms with Crippen molar-refractivity contribution in [1.82, 2.24) is 20.2 Å². The van der Waals surface area contributed by atoms with Gasteiger partial charge in [-0.3, -0.25) is 0 Å². The minimum atomic E-state index is 0.357. The van der Waals surface area contributed by atoms with Crippen LogP contribution in [0.1, 0.15) is 37.8 Å². The highest BCUT2D eigenvalue weighted by molar-refractivity contribution is 6.03. The molecule has 2 aromatic heterocycles. The number of aromatic nitrogens is 4. The maximum atomic E-state index is 4.49. The number of H-pyrrole nitrogens is 1. The molecule has 0 saturated carbocycles. The normalized spacial score (nSPS) is 11.6. The molecule has 0 unspecified atom stereocenters. The summed E-state index contributed by atoms with van der Waals surface area (Å²) in [5.41, 5.74) is 8.76. The summed E-state index contributed by atoms with van der Waals surface area (Å²) in [6.45, 7) is 8.62. The molecule has 4 aromatic rings. The molecule has 0 amide bonds. The van der Waals surface area contributed by atoms with Crippen molar-refractivity contribution in [2.75, 3.05) is 23.4 Å². The van der Waals surface area contributed by atoms with E-state index in [0.717, 1.165) is 47.9 Å². The van der Waals surface area contributed by atoms with Gasteiger partial charge in [-0.1, -0.05) is 37.6 Å². The summed E-state index contributed by atoms with van der Waals surface area (Å²) in [6, 6.07) is 14.6. The van der Waals surface area contributed by atoms with Gasteiger partial charge in [-0.05, 0) is 49.6 Å². The maximum Gasteiger partial charge on any atom is 0.265 e. The van der Waals surface area contributed by atoms with Crippen molar-refractivity contribution in [3.05, 3.63) is 53.6 Å². The summed E-state index contributed by atoms with van der Waals surface area (Å²) in [4.78, 5) is 10.2. The van der Waals surface area contributed by atoms with Gasteiger partial charge in [0.15, 0.2) is 5.65 Å². The molecular weight excluding hydrogens is 374 g/mol. The largest absolute Gasteiger partial charge is 0.372 e. The Morgan fingerprint density at radius 2 is 1.80 bits per heavy atom. The number of fused-ring (bicyclic) bond motifs is 3. The number of hydrazone groups is 1. The van der Waals surface area contributed by atoms with Crippen LogP contribution in [-0.4, -0.2) is 39.5 Å². The molecule has 4 rings (SSSR count). The Labute approximate surface area is 176 Å². The molecule has 2 aromatic carbocycles. The highest BCUT2D eigenvalue weighted by Crippen LogP contribution is 2.23. The Hall–Kier alpha value is -3.48. The van der Waals surface area contributed by atoms with Gasteiger partial charge in [-0.15, -0.1) is 10.2 Å². The predicted molar refractivity (Wildman–Crippen MR) is 124 cm³/mol. The lowest BCUT2D eigenvalue weighted by molar-refractivity contribution is 0.745. The number of benzene rings is 2. The molecular formula is C23H27N7. The second-order valence-electron chi connectivity index (χ2n) is 7.46. The first-order valence-electron chi connectivity index (χ1n) is 10.4. The van der Waals surface area contributed by atoms with Crippen molar-refractivity contribution in [1.29, 1.82) is 0 Å². The SMILES string of the molecule is CCCN(CCC)c1ccc(/C=N\Nc2nnc3c(n2)[nH]c2ccc(C)cc23)cc1. The molecule has 0 aliphatic carbocycles. The van der Waals surface area contributed by atoms with Gasteiger partial charge < -0.3 is 9.88 Å². The molecule has 7 nitrogen and oxygen atoms in total. The fourth-order valence-corrected chi connectivity index (χ4v) is 3.58.